The summed E-state index contributed by atoms with van der Waals surface area (Å²) in [4.78, 5) is 0. The Hall–Kier alpha value is -1.50. The van der Waals surface area contributed by atoms with Crippen molar-refractivity contribution < 1.29 is 4.74 Å². The molecule has 7 heteroatoms. The lowest BCUT2D eigenvalue weighted by atomic mass is 10.2. The number of ether oxygens (including phenoxy) is 1. The Bertz CT molecular complexity index is 670. The van der Waals surface area contributed by atoms with Gasteiger partial charge in [0.15, 0.2) is 5.82 Å². The molecule has 0 amide bonds. The topological polar surface area (TPSA) is 55.2 Å². The van der Waals surface area contributed by atoms with E-state index in [1.807, 2.05) is 24.3 Å². The van der Waals surface area contributed by atoms with E-state index in [9.17, 15) is 0 Å². The summed E-state index contributed by atoms with van der Waals surface area (Å²) in [5.74, 6) is 0.720. The van der Waals surface area contributed by atoms with Gasteiger partial charge in [0, 0.05) is 11.6 Å². The molecule has 1 N–H and O–H groups in total. The molecule has 2 heterocycles. The molecule has 1 aliphatic rings. The molecule has 5 nitrogen and oxygen atoms in total. The Labute approximate surface area is 126 Å². The predicted octanol–water partition coefficient (Wildman–Crippen LogP) is 3.33. The van der Waals surface area contributed by atoms with Crippen molar-refractivity contribution in [3.63, 3.8) is 0 Å². The summed E-state index contributed by atoms with van der Waals surface area (Å²) in [5, 5.41) is 12.0. The average molecular weight is 309 g/mol. The van der Waals surface area contributed by atoms with Crippen LogP contribution < -0.4 is 0 Å². The van der Waals surface area contributed by atoms with E-state index in [4.69, 9.17) is 28.6 Å². The van der Waals surface area contributed by atoms with Gasteiger partial charge in [-0.05, 0) is 42.8 Å². The number of nitrogens with zero attached hydrogens (tertiary/aromatic N) is 3. The highest BCUT2D eigenvalue weighted by Gasteiger charge is 2.23. The number of H-pyrrole nitrogens is 1. The molecule has 3 rings (SSSR count). The Morgan fingerprint density at radius 2 is 2.25 bits per heavy atom. The molecule has 1 fully saturated rings. The summed E-state index contributed by atoms with van der Waals surface area (Å²) in [6, 6.07) is 7.42. The van der Waals surface area contributed by atoms with Crippen LogP contribution in [-0.2, 0) is 4.74 Å². The summed E-state index contributed by atoms with van der Waals surface area (Å²) < 4.78 is 7.69. The second-order valence-electron chi connectivity index (χ2n) is 4.50. The maximum atomic E-state index is 5.85. The molecule has 1 unspecified atom stereocenters. The number of rotatable bonds is 3. The van der Waals surface area contributed by atoms with Gasteiger partial charge in [-0.15, -0.1) is 0 Å². The summed E-state index contributed by atoms with van der Waals surface area (Å²) >= 11 is 11.0. The molecule has 0 saturated carbocycles. The van der Waals surface area contributed by atoms with Gasteiger partial charge in [-0.3, -0.25) is 5.10 Å². The van der Waals surface area contributed by atoms with Crippen molar-refractivity contribution in [2.45, 2.75) is 18.9 Å². The van der Waals surface area contributed by atoms with Crippen molar-refractivity contribution in [2.75, 3.05) is 6.61 Å². The monoisotopic (exact) mass is 308 g/mol. The van der Waals surface area contributed by atoms with Gasteiger partial charge in [-0.2, -0.15) is 14.9 Å². The first kappa shape index (κ1) is 13.5. The fourth-order valence-corrected chi connectivity index (χ4v) is 2.39. The predicted molar refractivity (Wildman–Crippen MR) is 79.8 cm³/mol. The van der Waals surface area contributed by atoms with Gasteiger partial charge in [-0.25, -0.2) is 0 Å². The van der Waals surface area contributed by atoms with Crippen LogP contribution in [0.25, 0.3) is 0 Å². The molecule has 20 heavy (non-hydrogen) atoms. The SMILES string of the molecule is S=c1[nH]nc(C2CCCO2)n1/N=C\c1ccc(Cl)cc1. The molecule has 1 aromatic carbocycles. The first-order valence-electron chi connectivity index (χ1n) is 6.33. The van der Waals surface area contributed by atoms with E-state index in [2.05, 4.69) is 15.3 Å². The molecule has 0 radical (unpaired) electrons. The highest BCUT2D eigenvalue weighted by atomic mass is 35.5. The molecule has 1 aromatic heterocycles. The third kappa shape index (κ3) is 2.82. The quantitative estimate of drug-likeness (QED) is 0.699. The first-order chi connectivity index (χ1) is 9.74. The number of aromatic amines is 1. The highest BCUT2D eigenvalue weighted by Crippen LogP contribution is 2.26. The van der Waals surface area contributed by atoms with Gasteiger partial charge in [0.25, 0.3) is 0 Å². The van der Waals surface area contributed by atoms with E-state index in [1.54, 1.807) is 10.9 Å². The van der Waals surface area contributed by atoms with Gasteiger partial charge in [-0.1, -0.05) is 23.7 Å². The van der Waals surface area contributed by atoms with Crippen molar-refractivity contribution in [1.29, 1.82) is 0 Å². The van der Waals surface area contributed by atoms with Crippen molar-refractivity contribution in [2.24, 2.45) is 5.10 Å². The van der Waals surface area contributed by atoms with Crippen LogP contribution in [-0.4, -0.2) is 27.7 Å². The van der Waals surface area contributed by atoms with Gasteiger partial charge in [0.05, 0.1) is 6.21 Å². The van der Waals surface area contributed by atoms with Gasteiger partial charge in [0.1, 0.15) is 6.10 Å². The van der Waals surface area contributed by atoms with Crippen molar-refractivity contribution in [1.82, 2.24) is 14.9 Å². The summed E-state index contributed by atoms with van der Waals surface area (Å²) in [5.41, 5.74) is 0.941. The number of halogens is 1. The van der Waals surface area contributed by atoms with Crippen LogP contribution in [0, 0.1) is 4.77 Å². The van der Waals surface area contributed by atoms with Crippen LogP contribution in [0.3, 0.4) is 0 Å². The molecule has 1 atom stereocenters. The van der Waals surface area contributed by atoms with Crippen molar-refractivity contribution in [3.05, 3.63) is 45.4 Å². The Morgan fingerprint density at radius 3 is 2.95 bits per heavy atom. The molecular weight excluding hydrogens is 296 g/mol. The van der Waals surface area contributed by atoms with E-state index < -0.39 is 0 Å². The minimum absolute atomic E-state index is 0.0367. The average Bonchev–Trinajstić information content (AvgIpc) is 3.08. The third-order valence-electron chi connectivity index (χ3n) is 3.09. The molecule has 104 valence electrons. The van der Waals surface area contributed by atoms with Crippen LogP contribution in [0.15, 0.2) is 29.4 Å². The highest BCUT2D eigenvalue weighted by molar-refractivity contribution is 7.71. The summed E-state index contributed by atoms with van der Waals surface area (Å²) in [6.07, 6.45) is 3.66. The van der Waals surface area contributed by atoms with E-state index in [1.165, 1.54) is 0 Å². The molecule has 2 aromatic rings. The van der Waals surface area contributed by atoms with Gasteiger partial charge in [0.2, 0.25) is 4.77 Å². The van der Waals surface area contributed by atoms with Crippen LogP contribution in [0.2, 0.25) is 5.02 Å². The number of aromatic nitrogens is 3. The van der Waals surface area contributed by atoms with Crippen LogP contribution in [0.5, 0.6) is 0 Å². The number of nitrogens with one attached hydrogen (secondary N) is 1. The largest absolute Gasteiger partial charge is 0.370 e. The number of benzene rings is 1. The maximum absolute atomic E-state index is 5.85. The third-order valence-corrected chi connectivity index (χ3v) is 3.60. The molecule has 0 bridgehead atoms. The lowest BCUT2D eigenvalue weighted by Crippen LogP contribution is -2.05. The zero-order valence-corrected chi connectivity index (χ0v) is 12.2. The second kappa shape index (κ2) is 5.87. The van der Waals surface area contributed by atoms with Crippen molar-refractivity contribution in [3.8, 4) is 0 Å². The maximum Gasteiger partial charge on any atom is 0.216 e. The van der Waals surface area contributed by atoms with Gasteiger partial charge < -0.3 is 4.74 Å². The zero-order valence-electron chi connectivity index (χ0n) is 10.6. The number of hydrogen-bond acceptors (Lipinski definition) is 4. The smallest absolute Gasteiger partial charge is 0.216 e. The summed E-state index contributed by atoms with van der Waals surface area (Å²) in [6.45, 7) is 0.755. The lowest BCUT2D eigenvalue weighted by molar-refractivity contribution is 0.102. The Kier molecular flexibility index (Phi) is 3.95. The number of hydrogen-bond donors (Lipinski definition) is 1. The van der Waals surface area contributed by atoms with Crippen LogP contribution in [0.1, 0.15) is 30.3 Å². The van der Waals surface area contributed by atoms with Crippen LogP contribution in [0.4, 0.5) is 0 Å². The van der Waals surface area contributed by atoms with E-state index >= 15 is 0 Å². The fourth-order valence-electron chi connectivity index (χ4n) is 2.08. The van der Waals surface area contributed by atoms with Crippen LogP contribution >= 0.6 is 23.8 Å². The molecule has 0 spiro atoms. The minimum Gasteiger partial charge on any atom is -0.370 e. The van der Waals surface area contributed by atoms with E-state index in [0.717, 1.165) is 30.8 Å². The second-order valence-corrected chi connectivity index (χ2v) is 5.32. The zero-order chi connectivity index (χ0) is 13.9. The molecule has 1 aliphatic heterocycles. The Morgan fingerprint density at radius 1 is 1.45 bits per heavy atom. The normalized spacial score (nSPS) is 18.9. The molecular formula is C13H13ClN4OS. The lowest BCUT2D eigenvalue weighted by Gasteiger charge is -2.07. The minimum atomic E-state index is -0.0367. The Balaban J connectivity index is 1.88. The van der Waals surface area contributed by atoms with E-state index in [-0.39, 0.29) is 6.10 Å². The molecule has 1 saturated heterocycles. The standard InChI is InChI=1S/C13H13ClN4OS/c14-10-5-3-9(4-6-10)8-15-18-12(16-17-13(18)20)11-2-1-7-19-11/h3-6,8,11H,1-2,7H2,(H,17,20)/b15-8-. The fraction of sp³-hybridized carbons (Fsp3) is 0.308. The first-order valence-corrected chi connectivity index (χ1v) is 7.11. The van der Waals surface area contributed by atoms with Gasteiger partial charge >= 0.3 is 0 Å². The van der Waals surface area contributed by atoms with Crippen molar-refractivity contribution >= 4 is 30.0 Å². The van der Waals surface area contributed by atoms with E-state index in [0.29, 0.717) is 9.79 Å². The molecule has 0 aliphatic carbocycles. The summed E-state index contributed by atoms with van der Waals surface area (Å²) in [7, 11) is 0.